The van der Waals surface area contributed by atoms with E-state index in [-0.39, 0.29) is 12.8 Å². The lowest BCUT2D eigenvalue weighted by molar-refractivity contribution is -0.147. The molecule has 0 bridgehead atoms. The lowest BCUT2D eigenvalue weighted by Crippen LogP contribution is -2.22. The third-order valence-electron chi connectivity index (χ3n) is 4.49. The third-order valence-corrected chi connectivity index (χ3v) is 5.36. The van der Waals surface area contributed by atoms with Crippen LogP contribution in [0.5, 0.6) is 0 Å². The number of benzene rings is 1. The predicted octanol–water partition coefficient (Wildman–Crippen LogP) is 3.72. The molecule has 0 aliphatic heterocycles. The molecule has 0 fully saturated rings. The van der Waals surface area contributed by atoms with Crippen LogP contribution in [-0.4, -0.2) is 38.4 Å². The second kappa shape index (κ2) is 9.56. The van der Waals surface area contributed by atoms with Gasteiger partial charge in [-0.15, -0.1) is 11.3 Å². The molecule has 0 radical (unpaired) electrons. The lowest BCUT2D eigenvalue weighted by Gasteiger charge is -2.09. The first kappa shape index (κ1) is 21.4. The topological polar surface area (TPSA) is 112 Å². The Morgan fingerprint density at radius 3 is 2.75 bits per heavy atom. The Balaban J connectivity index is 1.27. The molecule has 3 heterocycles. The summed E-state index contributed by atoms with van der Waals surface area (Å²) in [7, 11) is 0. The summed E-state index contributed by atoms with van der Waals surface area (Å²) in [6, 6.07) is 13.3. The van der Waals surface area contributed by atoms with Gasteiger partial charge < -0.3 is 14.6 Å². The van der Waals surface area contributed by atoms with E-state index in [2.05, 4.69) is 20.6 Å². The summed E-state index contributed by atoms with van der Waals surface area (Å²) in [6.45, 7) is 3.43. The lowest BCUT2D eigenvalue weighted by atomic mass is 10.2. The molecule has 0 spiro atoms. The Kier molecular flexibility index (Phi) is 6.41. The number of anilines is 1. The maximum atomic E-state index is 12.3. The molecule has 0 aliphatic carbocycles. The molecule has 0 saturated heterocycles. The van der Waals surface area contributed by atoms with Gasteiger partial charge in [-0.1, -0.05) is 28.9 Å². The zero-order chi connectivity index (χ0) is 22.5. The number of carbonyl (C=O) groups excluding carboxylic acids is 2. The number of esters is 1. The van der Waals surface area contributed by atoms with Gasteiger partial charge in [-0.05, 0) is 37.4 Å². The van der Waals surface area contributed by atoms with E-state index in [0.717, 1.165) is 21.8 Å². The number of carbonyl (C=O) groups is 2. The first-order valence-corrected chi connectivity index (χ1v) is 10.8. The van der Waals surface area contributed by atoms with Gasteiger partial charge in [-0.25, -0.2) is 4.68 Å². The average molecular weight is 452 g/mol. The number of aromatic nitrogens is 4. The van der Waals surface area contributed by atoms with Crippen LogP contribution in [0.15, 0.2) is 52.4 Å². The molecule has 0 atom stereocenters. The van der Waals surface area contributed by atoms with Crippen molar-refractivity contribution in [3.8, 4) is 16.4 Å². The fraction of sp³-hybridized carbons (Fsp3) is 0.227. The number of hydrogen-bond donors (Lipinski definition) is 1. The van der Waals surface area contributed by atoms with Crippen LogP contribution in [0.3, 0.4) is 0 Å². The third kappa shape index (κ3) is 5.27. The predicted molar refractivity (Wildman–Crippen MR) is 119 cm³/mol. The number of nitrogens with zero attached hydrogens (tertiary/aromatic N) is 4. The van der Waals surface area contributed by atoms with E-state index in [1.807, 2.05) is 55.6 Å². The highest BCUT2D eigenvalue weighted by molar-refractivity contribution is 7.13. The van der Waals surface area contributed by atoms with Crippen molar-refractivity contribution < 1.29 is 18.8 Å². The van der Waals surface area contributed by atoms with Crippen molar-refractivity contribution >= 4 is 29.0 Å². The van der Waals surface area contributed by atoms with E-state index in [4.69, 9.17) is 9.26 Å². The Bertz CT molecular complexity index is 1210. The largest absolute Gasteiger partial charge is 0.456 e. The standard InChI is InChI=1S/C22H21N5O4S/c1-14-5-7-16(8-6-14)27-18(12-15(2)25-27)23-19(28)13-30-21(29)10-9-20-24-22(26-31-20)17-4-3-11-32-17/h3-8,11-12H,9-10,13H2,1-2H3,(H,23,28). The number of ether oxygens (including phenoxy) is 1. The normalized spacial score (nSPS) is 10.8. The molecule has 1 aromatic carbocycles. The van der Waals surface area contributed by atoms with Crippen LogP contribution >= 0.6 is 11.3 Å². The maximum Gasteiger partial charge on any atom is 0.306 e. The van der Waals surface area contributed by atoms with E-state index in [0.29, 0.717) is 17.5 Å². The van der Waals surface area contributed by atoms with Crippen LogP contribution in [0.2, 0.25) is 0 Å². The van der Waals surface area contributed by atoms with Crippen LogP contribution in [0.4, 0.5) is 5.82 Å². The summed E-state index contributed by atoms with van der Waals surface area (Å²) in [5.74, 6) is 0.346. The Morgan fingerprint density at radius 1 is 1.19 bits per heavy atom. The number of rotatable bonds is 8. The van der Waals surface area contributed by atoms with E-state index in [1.54, 1.807) is 10.7 Å². The molecule has 32 heavy (non-hydrogen) atoms. The van der Waals surface area contributed by atoms with Crippen molar-refractivity contribution in [2.75, 3.05) is 11.9 Å². The van der Waals surface area contributed by atoms with Gasteiger partial charge in [0.05, 0.1) is 22.7 Å². The average Bonchev–Trinajstić information content (AvgIpc) is 3.52. The zero-order valence-electron chi connectivity index (χ0n) is 17.6. The van der Waals surface area contributed by atoms with Crippen LogP contribution < -0.4 is 5.32 Å². The van der Waals surface area contributed by atoms with Crippen molar-refractivity contribution in [1.82, 2.24) is 19.9 Å². The fourth-order valence-corrected chi connectivity index (χ4v) is 3.59. The van der Waals surface area contributed by atoms with Crippen molar-refractivity contribution in [3.05, 3.63) is 65.0 Å². The summed E-state index contributed by atoms with van der Waals surface area (Å²) >= 11 is 1.50. The zero-order valence-corrected chi connectivity index (χ0v) is 18.4. The second-order valence-electron chi connectivity index (χ2n) is 7.12. The molecule has 1 amide bonds. The smallest absolute Gasteiger partial charge is 0.306 e. The molecule has 10 heteroatoms. The van der Waals surface area contributed by atoms with Crippen molar-refractivity contribution in [3.63, 3.8) is 0 Å². The van der Waals surface area contributed by atoms with E-state index >= 15 is 0 Å². The first-order valence-electron chi connectivity index (χ1n) is 9.93. The van der Waals surface area contributed by atoms with Crippen LogP contribution in [0.25, 0.3) is 16.4 Å². The quantitative estimate of drug-likeness (QED) is 0.406. The number of nitrogens with one attached hydrogen (secondary N) is 1. The minimum absolute atomic E-state index is 0.0275. The molecule has 4 rings (SSSR count). The Labute approximate surface area is 188 Å². The number of aryl methyl sites for hydroxylation is 3. The molecular weight excluding hydrogens is 430 g/mol. The summed E-state index contributed by atoms with van der Waals surface area (Å²) < 4.78 is 11.9. The van der Waals surface area contributed by atoms with Crippen molar-refractivity contribution in [2.45, 2.75) is 26.7 Å². The molecule has 4 aromatic rings. The van der Waals surface area contributed by atoms with Crippen molar-refractivity contribution in [1.29, 1.82) is 0 Å². The van der Waals surface area contributed by atoms with Gasteiger partial charge in [0, 0.05) is 12.5 Å². The molecule has 0 saturated carbocycles. The van der Waals surface area contributed by atoms with Gasteiger partial charge in [0.25, 0.3) is 5.91 Å². The highest BCUT2D eigenvalue weighted by Gasteiger charge is 2.15. The SMILES string of the molecule is Cc1ccc(-n2nc(C)cc2NC(=O)COC(=O)CCc2nc(-c3cccs3)no2)cc1. The Morgan fingerprint density at radius 2 is 2.00 bits per heavy atom. The molecule has 9 nitrogen and oxygen atoms in total. The van der Waals surface area contributed by atoms with Crippen LogP contribution in [0, 0.1) is 13.8 Å². The van der Waals surface area contributed by atoms with Gasteiger partial charge in [-0.3, -0.25) is 9.59 Å². The molecule has 164 valence electrons. The van der Waals surface area contributed by atoms with Gasteiger partial charge >= 0.3 is 5.97 Å². The summed E-state index contributed by atoms with van der Waals surface area (Å²) in [5.41, 5.74) is 2.69. The summed E-state index contributed by atoms with van der Waals surface area (Å²) in [6.07, 6.45) is 0.262. The molecule has 0 unspecified atom stereocenters. The maximum absolute atomic E-state index is 12.3. The van der Waals surface area contributed by atoms with Gasteiger partial charge in [0.15, 0.2) is 6.61 Å². The van der Waals surface area contributed by atoms with Gasteiger partial charge in [0.2, 0.25) is 11.7 Å². The summed E-state index contributed by atoms with van der Waals surface area (Å²) in [5, 5.41) is 13.0. The molecular formula is C22H21N5O4S. The monoisotopic (exact) mass is 451 g/mol. The number of hydrogen-bond acceptors (Lipinski definition) is 8. The number of amides is 1. The molecule has 3 aromatic heterocycles. The first-order chi connectivity index (χ1) is 15.5. The Hall–Kier alpha value is -3.79. The number of thiophene rings is 1. The van der Waals surface area contributed by atoms with Crippen molar-refractivity contribution in [2.24, 2.45) is 0 Å². The van der Waals surface area contributed by atoms with Gasteiger partial charge in [0.1, 0.15) is 5.82 Å². The van der Waals surface area contributed by atoms with E-state index in [1.165, 1.54) is 11.3 Å². The van der Waals surface area contributed by atoms with Crippen LogP contribution in [0.1, 0.15) is 23.6 Å². The van der Waals surface area contributed by atoms with Gasteiger partial charge in [-0.2, -0.15) is 10.1 Å². The molecule has 0 aliphatic rings. The van der Waals surface area contributed by atoms with Crippen LogP contribution in [-0.2, 0) is 20.7 Å². The minimum Gasteiger partial charge on any atom is -0.456 e. The fourth-order valence-electron chi connectivity index (χ4n) is 2.94. The summed E-state index contributed by atoms with van der Waals surface area (Å²) in [4.78, 5) is 29.5. The molecule has 1 N–H and O–H groups in total. The van der Waals surface area contributed by atoms with E-state index < -0.39 is 18.5 Å². The minimum atomic E-state index is -0.528. The highest BCUT2D eigenvalue weighted by Crippen LogP contribution is 2.21. The second-order valence-corrected chi connectivity index (χ2v) is 8.06. The van der Waals surface area contributed by atoms with E-state index in [9.17, 15) is 9.59 Å². The highest BCUT2D eigenvalue weighted by atomic mass is 32.1.